The summed E-state index contributed by atoms with van der Waals surface area (Å²) in [4.78, 5) is 24.8. The van der Waals surface area contributed by atoms with E-state index in [9.17, 15) is 14.9 Å². The Kier molecular flexibility index (Phi) is 8.85. The summed E-state index contributed by atoms with van der Waals surface area (Å²) in [6, 6.07) is 5.92. The van der Waals surface area contributed by atoms with Gasteiger partial charge in [-0.25, -0.2) is 10.1 Å². The maximum Gasteiger partial charge on any atom is 0.253 e. The molecule has 1 aliphatic rings. The third kappa shape index (κ3) is 6.69. The van der Waals surface area contributed by atoms with Crippen LogP contribution in [0.5, 0.6) is 0 Å². The van der Waals surface area contributed by atoms with Gasteiger partial charge in [-0.1, -0.05) is 69.2 Å². The number of benzene rings is 1. The predicted molar refractivity (Wildman–Crippen MR) is 107 cm³/mol. The topological polar surface area (TPSA) is 75.5 Å². The van der Waals surface area contributed by atoms with Gasteiger partial charge in [0.15, 0.2) is 11.1 Å². The molecule has 1 N–H and O–H groups in total. The van der Waals surface area contributed by atoms with Crippen LogP contribution in [0.25, 0.3) is 0 Å². The Morgan fingerprint density at radius 2 is 1.89 bits per heavy atom. The van der Waals surface area contributed by atoms with Crippen molar-refractivity contribution in [1.29, 1.82) is 0 Å². The lowest BCUT2D eigenvalue weighted by Gasteiger charge is -2.28. The van der Waals surface area contributed by atoms with E-state index >= 15 is 0 Å². The molecular formula is C20H30ClN3O3. The fourth-order valence-corrected chi connectivity index (χ4v) is 3.76. The van der Waals surface area contributed by atoms with Gasteiger partial charge in [0, 0.05) is 11.1 Å². The van der Waals surface area contributed by atoms with Crippen LogP contribution in [-0.2, 0) is 4.79 Å². The van der Waals surface area contributed by atoms with Crippen LogP contribution < -0.4 is 5.32 Å². The lowest BCUT2D eigenvalue weighted by atomic mass is 9.95. The molecule has 150 valence electrons. The summed E-state index contributed by atoms with van der Waals surface area (Å²) in [5.74, 6) is -0.295. The van der Waals surface area contributed by atoms with E-state index in [1.165, 1.54) is 6.42 Å². The molecule has 1 saturated carbocycles. The van der Waals surface area contributed by atoms with Crippen molar-refractivity contribution >= 4 is 17.5 Å². The van der Waals surface area contributed by atoms with Gasteiger partial charge >= 0.3 is 0 Å². The number of amides is 1. The van der Waals surface area contributed by atoms with Crippen molar-refractivity contribution in [3.63, 3.8) is 0 Å². The summed E-state index contributed by atoms with van der Waals surface area (Å²) in [6.45, 7) is 2.35. The first-order chi connectivity index (χ1) is 13.0. The van der Waals surface area contributed by atoms with E-state index in [-0.39, 0.29) is 18.5 Å². The lowest BCUT2D eigenvalue weighted by molar-refractivity contribution is -0.663. The van der Waals surface area contributed by atoms with Gasteiger partial charge in [0.25, 0.3) is 5.91 Å². The SMILES string of the molecule is CCCCCCN(C(C(=O)NC1CCCCC1)c1ccc(Cl)cc1)[N+](=O)[O-]. The van der Waals surface area contributed by atoms with Crippen molar-refractivity contribution in [3.05, 3.63) is 45.0 Å². The van der Waals surface area contributed by atoms with Crippen molar-refractivity contribution in [2.24, 2.45) is 0 Å². The van der Waals surface area contributed by atoms with Gasteiger partial charge in [-0.05, 0) is 37.0 Å². The molecule has 0 heterocycles. The van der Waals surface area contributed by atoms with Crippen LogP contribution in [0.2, 0.25) is 5.02 Å². The number of carbonyl (C=O) groups excluding carboxylic acids is 1. The highest BCUT2D eigenvalue weighted by Crippen LogP contribution is 2.25. The number of halogens is 1. The number of nitrogens with zero attached hydrogens (tertiary/aromatic N) is 2. The minimum absolute atomic E-state index is 0.106. The first-order valence-corrected chi connectivity index (χ1v) is 10.4. The van der Waals surface area contributed by atoms with Crippen molar-refractivity contribution in [3.8, 4) is 0 Å². The standard InChI is InChI=1S/C20H30ClN3O3/c1-2-3-4-8-15-23(24(26)27)19(16-11-13-17(21)14-12-16)20(25)22-18-9-6-5-7-10-18/h11-14,18-19H,2-10,15H2,1H3,(H,22,25). The molecule has 0 spiro atoms. The summed E-state index contributed by atoms with van der Waals surface area (Å²) in [7, 11) is 0. The smallest absolute Gasteiger partial charge is 0.253 e. The third-order valence-corrected chi connectivity index (χ3v) is 5.39. The molecule has 2 rings (SSSR count). The van der Waals surface area contributed by atoms with Crippen molar-refractivity contribution < 1.29 is 9.83 Å². The van der Waals surface area contributed by atoms with E-state index in [0.717, 1.165) is 50.0 Å². The molecule has 1 aromatic carbocycles. The van der Waals surface area contributed by atoms with Gasteiger partial charge in [-0.3, -0.25) is 4.79 Å². The Hall–Kier alpha value is -1.82. The first-order valence-electron chi connectivity index (χ1n) is 9.99. The van der Waals surface area contributed by atoms with Crippen molar-refractivity contribution in [2.75, 3.05) is 6.54 Å². The Balaban J connectivity index is 2.19. The molecule has 7 heteroatoms. The molecule has 0 bridgehead atoms. The van der Waals surface area contributed by atoms with Gasteiger partial charge in [-0.2, -0.15) is 0 Å². The summed E-state index contributed by atoms with van der Waals surface area (Å²) >= 11 is 5.96. The second kappa shape index (κ2) is 11.1. The zero-order chi connectivity index (χ0) is 19.6. The Labute approximate surface area is 166 Å². The number of hydrogen-bond acceptors (Lipinski definition) is 3. The molecule has 0 saturated heterocycles. The molecule has 1 atom stereocenters. The van der Waals surface area contributed by atoms with Crippen LogP contribution in [0.15, 0.2) is 24.3 Å². The quantitative estimate of drug-likeness (QED) is 0.347. The van der Waals surface area contributed by atoms with Crippen LogP contribution in [0, 0.1) is 10.1 Å². The second-order valence-corrected chi connectivity index (χ2v) is 7.70. The number of nitro groups is 1. The molecule has 1 fully saturated rings. The van der Waals surface area contributed by atoms with Gasteiger partial charge in [0.05, 0.1) is 6.54 Å². The van der Waals surface area contributed by atoms with Gasteiger partial charge in [0.2, 0.25) is 0 Å². The molecule has 6 nitrogen and oxygen atoms in total. The van der Waals surface area contributed by atoms with E-state index in [2.05, 4.69) is 12.2 Å². The number of hydrazine groups is 1. The van der Waals surface area contributed by atoms with Crippen molar-refractivity contribution in [1.82, 2.24) is 10.3 Å². The van der Waals surface area contributed by atoms with Gasteiger partial charge < -0.3 is 5.32 Å². The number of unbranched alkanes of at least 4 members (excludes halogenated alkanes) is 3. The number of nitrogens with one attached hydrogen (secondary N) is 1. The Morgan fingerprint density at radius 1 is 1.22 bits per heavy atom. The number of carbonyl (C=O) groups is 1. The Bertz CT molecular complexity index is 603. The maximum atomic E-state index is 13.0. The van der Waals surface area contributed by atoms with Crippen LogP contribution >= 0.6 is 11.6 Å². The van der Waals surface area contributed by atoms with Crippen LogP contribution in [0.1, 0.15) is 76.3 Å². The summed E-state index contributed by atoms with van der Waals surface area (Å²) in [5, 5.41) is 16.0. The minimum Gasteiger partial charge on any atom is -0.351 e. The van der Waals surface area contributed by atoms with Crippen LogP contribution in [0.3, 0.4) is 0 Å². The molecule has 1 aliphatic carbocycles. The summed E-state index contributed by atoms with van der Waals surface area (Å²) in [5.41, 5.74) is 0.597. The van der Waals surface area contributed by atoms with Crippen LogP contribution in [0.4, 0.5) is 0 Å². The third-order valence-electron chi connectivity index (χ3n) is 5.13. The molecule has 27 heavy (non-hydrogen) atoms. The zero-order valence-corrected chi connectivity index (χ0v) is 16.8. The van der Waals surface area contributed by atoms with Crippen LogP contribution in [-0.4, -0.2) is 28.5 Å². The zero-order valence-electron chi connectivity index (χ0n) is 16.0. The van der Waals surface area contributed by atoms with E-state index in [1.807, 2.05) is 0 Å². The van der Waals surface area contributed by atoms with E-state index in [1.54, 1.807) is 24.3 Å². The summed E-state index contributed by atoms with van der Waals surface area (Å²) in [6.07, 6.45) is 8.94. The molecule has 0 radical (unpaired) electrons. The average Bonchev–Trinajstić information content (AvgIpc) is 2.66. The van der Waals surface area contributed by atoms with E-state index in [0.29, 0.717) is 17.0 Å². The molecule has 1 aromatic rings. The van der Waals surface area contributed by atoms with Gasteiger partial charge in [-0.15, -0.1) is 5.01 Å². The average molecular weight is 396 g/mol. The molecule has 0 aromatic heterocycles. The summed E-state index contributed by atoms with van der Waals surface area (Å²) < 4.78 is 0. The predicted octanol–water partition coefficient (Wildman–Crippen LogP) is 4.90. The van der Waals surface area contributed by atoms with Crippen molar-refractivity contribution in [2.45, 2.75) is 76.8 Å². The highest BCUT2D eigenvalue weighted by molar-refractivity contribution is 6.30. The second-order valence-electron chi connectivity index (χ2n) is 7.26. The molecule has 0 aliphatic heterocycles. The Morgan fingerprint density at radius 3 is 2.48 bits per heavy atom. The van der Waals surface area contributed by atoms with Gasteiger partial charge in [0.1, 0.15) is 0 Å². The lowest BCUT2D eigenvalue weighted by Crippen LogP contribution is -2.47. The fourth-order valence-electron chi connectivity index (χ4n) is 3.64. The van der Waals surface area contributed by atoms with E-state index in [4.69, 9.17) is 11.6 Å². The molecule has 1 unspecified atom stereocenters. The monoisotopic (exact) mass is 395 g/mol. The maximum absolute atomic E-state index is 13.0. The fraction of sp³-hybridized carbons (Fsp3) is 0.650. The van der Waals surface area contributed by atoms with E-state index < -0.39 is 11.1 Å². The largest absolute Gasteiger partial charge is 0.351 e. The number of hydrogen-bond donors (Lipinski definition) is 1. The highest BCUT2D eigenvalue weighted by Gasteiger charge is 2.35. The minimum atomic E-state index is -0.944. The molecular weight excluding hydrogens is 366 g/mol. The molecule has 1 amide bonds. The highest BCUT2D eigenvalue weighted by atomic mass is 35.5. The first kappa shape index (κ1) is 21.5. The normalized spacial score (nSPS) is 15.9. The number of rotatable bonds is 10.